The van der Waals surface area contributed by atoms with Gasteiger partial charge >= 0.3 is 0 Å². The predicted octanol–water partition coefficient (Wildman–Crippen LogP) is 2.99. The van der Waals surface area contributed by atoms with Gasteiger partial charge in [0.1, 0.15) is 11.6 Å². The predicted molar refractivity (Wildman–Crippen MR) is 147 cm³/mol. The lowest BCUT2D eigenvalue weighted by molar-refractivity contribution is 0.0928. The van der Waals surface area contributed by atoms with Crippen LogP contribution in [0.1, 0.15) is 57.5 Å². The van der Waals surface area contributed by atoms with Crippen LogP contribution >= 0.6 is 0 Å². The molecule has 0 bridgehead atoms. The molecule has 2 atom stereocenters. The molecule has 11 heteroatoms. The van der Waals surface area contributed by atoms with Crippen LogP contribution in [0.15, 0.2) is 36.8 Å². The Morgan fingerprint density at radius 2 is 1.97 bits per heavy atom. The fourth-order valence-electron chi connectivity index (χ4n) is 4.59. The number of rotatable bonds is 9. The van der Waals surface area contributed by atoms with E-state index >= 15 is 0 Å². The molecule has 1 saturated heterocycles. The first-order valence-corrected chi connectivity index (χ1v) is 13.1. The number of halogens is 1. The van der Waals surface area contributed by atoms with Gasteiger partial charge in [-0.15, -0.1) is 0 Å². The molecule has 3 heterocycles. The lowest BCUT2D eigenvalue weighted by Gasteiger charge is -2.34. The van der Waals surface area contributed by atoms with Crippen molar-refractivity contribution in [3.8, 4) is 5.75 Å². The summed E-state index contributed by atoms with van der Waals surface area (Å²) in [5.41, 5.74) is 2.58. The van der Waals surface area contributed by atoms with Gasteiger partial charge in [0.25, 0.3) is 11.8 Å². The fraction of sp³-hybridized carbons (Fsp3) is 0.429. The first kappa shape index (κ1) is 28.2. The third kappa shape index (κ3) is 6.98. The van der Waals surface area contributed by atoms with E-state index in [1.54, 1.807) is 44.0 Å². The molecule has 1 aliphatic rings. The molecule has 0 spiro atoms. The summed E-state index contributed by atoms with van der Waals surface area (Å²) in [5, 5.41) is 13.1. The number of carbonyl (C=O) groups is 2. The molecule has 0 radical (unpaired) electrons. The van der Waals surface area contributed by atoms with E-state index in [9.17, 15) is 14.0 Å². The summed E-state index contributed by atoms with van der Waals surface area (Å²) in [7, 11) is 1.76. The maximum atomic E-state index is 14.6. The molecule has 2 amide bonds. The number of aromatic nitrogens is 3. The molecule has 0 unspecified atom stereocenters. The molecule has 1 fully saturated rings. The number of hydrogen-bond donors (Lipinski definition) is 3. The van der Waals surface area contributed by atoms with Crippen LogP contribution in [0.2, 0.25) is 0 Å². The summed E-state index contributed by atoms with van der Waals surface area (Å²) < 4.78 is 22.6. The van der Waals surface area contributed by atoms with Crippen LogP contribution in [0.4, 0.5) is 10.1 Å². The van der Waals surface area contributed by atoms with E-state index in [-0.39, 0.29) is 23.2 Å². The van der Waals surface area contributed by atoms with Gasteiger partial charge in [-0.1, -0.05) is 0 Å². The summed E-state index contributed by atoms with van der Waals surface area (Å²) in [6.07, 6.45) is 4.08. The average Bonchev–Trinajstić information content (AvgIpc) is 3.29. The van der Waals surface area contributed by atoms with Gasteiger partial charge in [-0.05, 0) is 51.5 Å². The van der Waals surface area contributed by atoms with E-state index in [4.69, 9.17) is 4.74 Å². The molecule has 0 aliphatic carbocycles. The van der Waals surface area contributed by atoms with Crippen LogP contribution in [0.3, 0.4) is 0 Å². The second-order valence-corrected chi connectivity index (χ2v) is 9.96. The summed E-state index contributed by atoms with van der Waals surface area (Å²) in [6.45, 7) is 10.6. The molecule has 39 heavy (non-hydrogen) atoms. The fourth-order valence-corrected chi connectivity index (χ4v) is 4.59. The zero-order chi connectivity index (χ0) is 28.1. The van der Waals surface area contributed by atoms with E-state index < -0.39 is 6.10 Å². The van der Waals surface area contributed by atoms with Crippen molar-refractivity contribution < 1.29 is 18.7 Å². The molecule has 4 rings (SSSR count). The number of nitrogens with one attached hydrogen (secondary N) is 3. The topological polar surface area (TPSA) is 113 Å². The third-order valence-electron chi connectivity index (χ3n) is 6.65. The summed E-state index contributed by atoms with van der Waals surface area (Å²) in [6, 6.07) is 4.91. The molecule has 0 saturated carbocycles. The van der Waals surface area contributed by atoms with Crippen LogP contribution in [-0.2, 0) is 7.05 Å². The number of piperazine rings is 1. The van der Waals surface area contributed by atoms with Crippen molar-refractivity contribution >= 4 is 17.5 Å². The number of nitrogens with zero attached hydrogens (tertiary/aromatic N) is 4. The van der Waals surface area contributed by atoms with Gasteiger partial charge in [0, 0.05) is 69.3 Å². The third-order valence-corrected chi connectivity index (χ3v) is 6.65. The van der Waals surface area contributed by atoms with Crippen molar-refractivity contribution in [2.75, 3.05) is 38.0 Å². The van der Waals surface area contributed by atoms with Gasteiger partial charge in [-0.3, -0.25) is 24.2 Å². The van der Waals surface area contributed by atoms with Crippen molar-refractivity contribution in [1.82, 2.24) is 30.3 Å². The maximum absolute atomic E-state index is 14.6. The molecular weight excluding hydrogens is 501 g/mol. The number of anilines is 1. The van der Waals surface area contributed by atoms with Crippen LogP contribution in [-0.4, -0.2) is 70.2 Å². The number of amides is 2. The molecule has 10 nitrogen and oxygen atoms in total. The number of benzene rings is 1. The molecule has 1 aromatic carbocycles. The van der Waals surface area contributed by atoms with Gasteiger partial charge in [0.05, 0.1) is 23.1 Å². The molecule has 3 N–H and O–H groups in total. The highest BCUT2D eigenvalue weighted by atomic mass is 19.1. The van der Waals surface area contributed by atoms with Crippen molar-refractivity contribution in [2.45, 2.75) is 39.8 Å². The smallest absolute Gasteiger partial charge is 0.256 e. The summed E-state index contributed by atoms with van der Waals surface area (Å²) in [4.78, 5) is 32.9. The minimum absolute atomic E-state index is 0.213. The Labute approximate surface area is 227 Å². The molecule has 2 aromatic heterocycles. The van der Waals surface area contributed by atoms with Gasteiger partial charge in [0.15, 0.2) is 6.10 Å². The van der Waals surface area contributed by atoms with Crippen LogP contribution in [0.5, 0.6) is 5.75 Å². The highest BCUT2D eigenvalue weighted by molar-refractivity contribution is 6.07. The van der Waals surface area contributed by atoms with Crippen molar-refractivity contribution in [1.29, 1.82) is 0 Å². The van der Waals surface area contributed by atoms with Crippen LogP contribution in [0, 0.1) is 19.7 Å². The van der Waals surface area contributed by atoms with Crippen LogP contribution in [0.25, 0.3) is 0 Å². The number of pyridine rings is 1. The molecular formula is C28H36FN7O3. The van der Waals surface area contributed by atoms with E-state index in [2.05, 4.69) is 37.9 Å². The highest BCUT2D eigenvalue weighted by Crippen LogP contribution is 2.30. The van der Waals surface area contributed by atoms with Crippen molar-refractivity contribution in [3.05, 3.63) is 70.6 Å². The molecule has 208 valence electrons. The maximum Gasteiger partial charge on any atom is 0.256 e. The van der Waals surface area contributed by atoms with Crippen LogP contribution < -0.4 is 20.7 Å². The van der Waals surface area contributed by atoms with E-state index in [1.165, 1.54) is 18.3 Å². The summed E-state index contributed by atoms with van der Waals surface area (Å²) >= 11 is 0. The first-order chi connectivity index (χ1) is 18.6. The normalized spacial score (nSPS) is 16.5. The highest BCUT2D eigenvalue weighted by Gasteiger charge is 2.27. The monoisotopic (exact) mass is 537 g/mol. The van der Waals surface area contributed by atoms with Crippen molar-refractivity contribution in [2.24, 2.45) is 7.05 Å². The van der Waals surface area contributed by atoms with E-state index in [0.717, 1.165) is 19.6 Å². The summed E-state index contributed by atoms with van der Waals surface area (Å²) in [5.74, 6) is -0.816. The SMILES string of the molecule is CCNC(=O)c1cc(C(=O)Nc2cnn(C)c2)c(C)cc1O[C@H](CN1CCN[C@H](C)C1)c1cc(F)c(C)cn1. The number of ether oxygens (including phenoxy) is 1. The Balaban J connectivity index is 1.69. The zero-order valence-electron chi connectivity index (χ0n) is 23.0. The first-order valence-electron chi connectivity index (χ1n) is 13.1. The van der Waals surface area contributed by atoms with Crippen molar-refractivity contribution in [3.63, 3.8) is 0 Å². The lowest BCUT2D eigenvalue weighted by Crippen LogP contribution is -2.50. The Kier molecular flexibility index (Phi) is 8.93. The van der Waals surface area contributed by atoms with Gasteiger partial charge in [0.2, 0.25) is 0 Å². The second kappa shape index (κ2) is 12.4. The average molecular weight is 538 g/mol. The Hall–Kier alpha value is -3.83. The van der Waals surface area contributed by atoms with Gasteiger partial charge in [-0.25, -0.2) is 4.39 Å². The second-order valence-electron chi connectivity index (χ2n) is 9.96. The minimum Gasteiger partial charge on any atom is -0.482 e. The standard InChI is InChI=1S/C28H36FN7O3/c1-6-30-27(37)22-10-21(28(38)34-20-13-33-35(5)15-20)17(2)9-25(22)39-26(16-36-8-7-31-19(4)14-36)24-11-23(29)18(3)12-32-24/h9-13,15,19,26,31H,6-8,14,16H2,1-5H3,(H,30,37)(H,34,38)/t19-,26-/m1/s1. The minimum atomic E-state index is -0.645. The zero-order valence-corrected chi connectivity index (χ0v) is 23.0. The quantitative estimate of drug-likeness (QED) is 0.385. The Morgan fingerprint density at radius 3 is 2.64 bits per heavy atom. The number of hydrogen-bond acceptors (Lipinski definition) is 7. The van der Waals surface area contributed by atoms with E-state index in [0.29, 0.717) is 53.0 Å². The Morgan fingerprint density at radius 1 is 1.18 bits per heavy atom. The number of aryl methyl sites for hydroxylation is 3. The molecule has 3 aromatic rings. The van der Waals surface area contributed by atoms with E-state index in [1.807, 2.05) is 6.92 Å². The largest absolute Gasteiger partial charge is 0.482 e. The van der Waals surface area contributed by atoms with Gasteiger partial charge in [-0.2, -0.15) is 5.10 Å². The lowest BCUT2D eigenvalue weighted by atomic mass is 10.0. The van der Waals surface area contributed by atoms with Gasteiger partial charge < -0.3 is 20.7 Å². The molecule has 1 aliphatic heterocycles. The Bertz CT molecular complexity index is 1340. The number of carbonyl (C=O) groups excluding carboxylic acids is 2.